The summed E-state index contributed by atoms with van der Waals surface area (Å²) in [5.74, 6) is -0.901. The second-order valence-electron chi connectivity index (χ2n) is 34.0. The van der Waals surface area contributed by atoms with Crippen LogP contribution in [0.15, 0.2) is 73.1 Å². The van der Waals surface area contributed by atoms with E-state index in [0.717, 1.165) is 55.6 Å². The molecule has 0 spiro atoms. The molecule has 0 radical (unpaired) electrons. The Morgan fingerprint density at radius 1 is 0.441 bits per heavy atom. The summed E-state index contributed by atoms with van der Waals surface area (Å²) < 4.78 is 125. The Morgan fingerprint density at radius 3 is 1.00 bits per heavy atom. The molecule has 102 heavy (non-hydrogen) atoms. The van der Waals surface area contributed by atoms with Crippen LogP contribution < -0.4 is 0 Å². The number of aromatic amines is 3. The van der Waals surface area contributed by atoms with Crippen LogP contribution in [-0.4, -0.2) is 95.8 Å². The molecular formula is C84H108N12O6. The fourth-order valence-electron chi connectivity index (χ4n) is 15.0. The molecule has 3 aliphatic carbocycles. The number of allylic oxidation sites excluding steroid dienone is 6. The van der Waals surface area contributed by atoms with Crippen molar-refractivity contribution >= 4 is 34.1 Å². The first kappa shape index (κ1) is 61.2. The Labute approximate surface area is 621 Å². The first-order valence-corrected chi connectivity index (χ1v) is 35.3. The molecule has 6 aromatic rings. The normalized spacial score (nSPS) is 27.1. The molecule has 3 aliphatic heterocycles. The largest absolute Gasteiger partial charge is 0.370 e. The van der Waals surface area contributed by atoms with Crippen LogP contribution >= 0.6 is 0 Å². The molecule has 3 unspecified atom stereocenters. The predicted molar refractivity (Wildman–Crippen MR) is 397 cm³/mol. The average Bonchev–Trinajstić information content (AvgIpc) is 0.811. The summed E-state index contributed by atoms with van der Waals surface area (Å²) in [6, 6.07) is 16.8. The zero-order valence-electron chi connectivity index (χ0n) is 74.6. The summed E-state index contributed by atoms with van der Waals surface area (Å²) in [4.78, 5) is 74.3. The lowest BCUT2D eigenvalue weighted by Crippen LogP contribution is -2.44. The summed E-state index contributed by atoms with van der Waals surface area (Å²) in [5.41, 5.74) is 0.726. The Kier molecular flexibility index (Phi) is 17.6. The molecule has 3 atom stereocenters. The molecule has 6 aromatic heterocycles. The number of nitrogens with one attached hydrogen (secondary N) is 3. The molecule has 3 fully saturated rings. The van der Waals surface area contributed by atoms with Gasteiger partial charge in [-0.05, 0) is 247 Å². The van der Waals surface area contributed by atoms with Crippen molar-refractivity contribution in [1.29, 1.82) is 15.8 Å². The van der Waals surface area contributed by atoms with Gasteiger partial charge in [0.2, 0.25) is 17.3 Å². The number of pyridine rings is 3. The minimum absolute atomic E-state index is 0.0352. The van der Waals surface area contributed by atoms with Gasteiger partial charge in [0, 0.05) is 66.4 Å². The van der Waals surface area contributed by atoms with Gasteiger partial charge in [0.15, 0.2) is 17.5 Å². The fraction of sp³-hybridized carbons (Fsp3) is 0.571. The smallest absolute Gasteiger partial charge is 0.202 e. The standard InChI is InChI=1S/3C28H36N4O2/c3*1-26(2)11-9-18(10-12-26)24-19(13-23(33)25-30-17-21(16-29)31-25)7-8-22(32-24)20-14-27(3,4)34-28(5,6)15-20/h3*7-9,17,20H,10-15H2,1-6H3,(H,30,31)/i2*9D,10D2,12D;9D,10D2,11D. The number of imidazole rings is 3. The van der Waals surface area contributed by atoms with E-state index in [1.54, 1.807) is 59.7 Å². The Hall–Kier alpha value is -8.34. The van der Waals surface area contributed by atoms with Crippen molar-refractivity contribution in [1.82, 2.24) is 44.9 Å². The molecule has 12 rings (SSSR count). The number of ether oxygens (including phenoxy) is 3. The van der Waals surface area contributed by atoms with Crippen LogP contribution in [0, 0.1) is 50.2 Å². The number of carbonyl (C=O) groups is 3. The first-order chi connectivity index (χ1) is 52.4. The van der Waals surface area contributed by atoms with Gasteiger partial charge in [-0.15, -0.1) is 0 Å². The summed E-state index contributed by atoms with van der Waals surface area (Å²) in [6.45, 7) is 35.4. The zero-order chi connectivity index (χ0) is 84.8. The maximum Gasteiger partial charge on any atom is 0.202 e. The van der Waals surface area contributed by atoms with E-state index in [4.69, 9.17) is 61.4 Å². The number of carbonyl (C=O) groups excluding carboxylic acids is 3. The number of nitriles is 3. The highest BCUT2D eigenvalue weighted by molar-refractivity contribution is 5.96. The molecule has 3 N–H and O–H groups in total. The van der Waals surface area contributed by atoms with Gasteiger partial charge in [-0.1, -0.05) is 77.9 Å². The summed E-state index contributed by atoms with van der Waals surface area (Å²) in [6.07, 6.45) is -1.03. The van der Waals surface area contributed by atoms with Gasteiger partial charge in [-0.25, -0.2) is 15.0 Å². The van der Waals surface area contributed by atoms with E-state index in [0.29, 0.717) is 16.7 Å². The van der Waals surface area contributed by atoms with Crippen molar-refractivity contribution in [2.45, 2.75) is 291 Å². The number of hydrogen-bond acceptors (Lipinski definition) is 15. The van der Waals surface area contributed by atoms with Gasteiger partial charge in [0.25, 0.3) is 0 Å². The number of nitrogens with zero attached hydrogens (tertiary/aromatic N) is 9. The van der Waals surface area contributed by atoms with E-state index in [9.17, 15) is 14.4 Å². The topological polar surface area (TPSA) is 275 Å². The molecule has 9 heterocycles. The molecule has 0 bridgehead atoms. The van der Waals surface area contributed by atoms with Crippen LogP contribution in [0.5, 0.6) is 0 Å². The maximum atomic E-state index is 13.1. The zero-order valence-corrected chi connectivity index (χ0v) is 62.6. The quantitative estimate of drug-likeness (QED) is 0.0806. The minimum atomic E-state index is -2.14. The van der Waals surface area contributed by atoms with Crippen molar-refractivity contribution in [2.75, 3.05) is 0 Å². The van der Waals surface area contributed by atoms with E-state index >= 15 is 0 Å². The van der Waals surface area contributed by atoms with Crippen LogP contribution in [0.4, 0.5) is 0 Å². The lowest BCUT2D eigenvalue weighted by atomic mass is 9.76. The van der Waals surface area contributed by atoms with Gasteiger partial charge in [-0.2, -0.15) is 15.8 Å². The molecular weight excluding hydrogens is 1270 g/mol. The average molecular weight is 1390 g/mol. The molecule has 18 nitrogen and oxygen atoms in total. The molecule has 18 heteroatoms. The fourth-order valence-corrected chi connectivity index (χ4v) is 15.0. The maximum absolute atomic E-state index is 13.1. The number of ketones is 3. The Balaban J connectivity index is 0.000000181. The number of H-pyrrole nitrogens is 3. The number of hydrogen-bond donors (Lipinski definition) is 3. The van der Waals surface area contributed by atoms with E-state index < -0.39 is 54.6 Å². The number of Topliss-reactive ketones (excluding diaryl/α,β-unsaturated/α-hetero) is 3. The second kappa shape index (κ2) is 29.4. The van der Waals surface area contributed by atoms with Crippen molar-refractivity contribution in [2.24, 2.45) is 16.2 Å². The molecule has 0 aromatic carbocycles. The summed E-state index contributed by atoms with van der Waals surface area (Å²) >= 11 is 0. The predicted octanol–water partition coefficient (Wildman–Crippen LogP) is 18.4. The van der Waals surface area contributed by atoms with Gasteiger partial charge >= 0.3 is 0 Å². The van der Waals surface area contributed by atoms with Crippen molar-refractivity contribution in [3.8, 4) is 18.2 Å². The molecule has 6 aliphatic rings. The summed E-state index contributed by atoms with van der Waals surface area (Å²) in [7, 11) is 0. The van der Waals surface area contributed by atoms with Gasteiger partial charge in [0.1, 0.15) is 35.3 Å². The highest BCUT2D eigenvalue weighted by atomic mass is 16.5. The second-order valence-corrected chi connectivity index (χ2v) is 34.0. The van der Waals surface area contributed by atoms with Gasteiger partial charge in [0.05, 0.1) is 73.4 Å². The highest BCUT2D eigenvalue weighted by Crippen LogP contribution is 2.49. The van der Waals surface area contributed by atoms with Crippen molar-refractivity contribution in [3.63, 3.8) is 0 Å². The number of aromatic nitrogens is 9. The van der Waals surface area contributed by atoms with Crippen LogP contribution in [-0.2, 0) is 33.5 Å². The molecule has 3 saturated heterocycles. The van der Waals surface area contributed by atoms with Crippen LogP contribution in [0.3, 0.4) is 0 Å². The van der Waals surface area contributed by atoms with Gasteiger partial charge in [-0.3, -0.25) is 29.3 Å². The van der Waals surface area contributed by atoms with Crippen LogP contribution in [0.25, 0.3) is 16.7 Å². The molecule has 0 amide bonds. The summed E-state index contributed by atoms with van der Waals surface area (Å²) in [5, 5.41) is 27.2. The van der Waals surface area contributed by atoms with Crippen molar-refractivity contribution < 1.29 is 45.0 Å². The minimum Gasteiger partial charge on any atom is -0.370 e. The SMILES string of the molecule is [2H]C1=C(c2nc(C3CC(C)(C)OC(C)(C)C3)ccc2CC(=O)c2ncc(C#N)[nH]2)C([2H])([2H])C([2H])C(C)(C)C1.[2H]C1=C(c2nc(C3CC(C)(C)OC(C)(C)C3)ccc2CC(=O)c2ncc(C#N)[nH]2)C([2H])([2H])C([2H])C(C)(C)C1.[2H]C1=C(c2nc(C3CC(C)(C)OC(C)(C)C3)ccc2CC(=O)c2ncc(C#N)[nH]2)C([2H])([2H])CC(C)(C)C1[2H]. The molecule has 540 valence electrons. The van der Waals surface area contributed by atoms with E-state index in [1.807, 2.05) is 119 Å². The molecule has 0 saturated carbocycles. The van der Waals surface area contributed by atoms with Crippen molar-refractivity contribution in [3.05, 3.63) is 159 Å². The monoisotopic (exact) mass is 1390 g/mol. The van der Waals surface area contributed by atoms with E-state index in [1.165, 1.54) is 18.6 Å². The Morgan fingerprint density at radius 2 is 0.725 bits per heavy atom. The lowest BCUT2D eigenvalue weighted by Gasteiger charge is -2.45. The van der Waals surface area contributed by atoms with Crippen LogP contribution in [0.2, 0.25) is 0 Å². The lowest BCUT2D eigenvalue weighted by molar-refractivity contribution is -0.162. The van der Waals surface area contributed by atoms with E-state index in [2.05, 4.69) is 29.9 Å². The number of rotatable bonds is 15. The third-order valence-corrected chi connectivity index (χ3v) is 19.0. The third kappa shape index (κ3) is 19.7. The van der Waals surface area contributed by atoms with Gasteiger partial charge < -0.3 is 29.2 Å². The van der Waals surface area contributed by atoms with E-state index in [-0.39, 0.29) is 194 Å². The Bertz CT molecular complexity index is 4720. The van der Waals surface area contributed by atoms with Crippen LogP contribution in [0.1, 0.15) is 355 Å². The highest BCUT2D eigenvalue weighted by Gasteiger charge is 2.44. The third-order valence-electron chi connectivity index (χ3n) is 19.0. The first-order valence-electron chi connectivity index (χ1n) is 41.5.